The highest BCUT2D eigenvalue weighted by molar-refractivity contribution is 5.99. The number of fused-ring (bicyclic) bond motifs is 1. The smallest absolute Gasteiger partial charge is 0.287 e. The molecule has 0 fully saturated rings. The Bertz CT molecular complexity index is 633. The van der Waals surface area contributed by atoms with E-state index >= 15 is 0 Å². The molecule has 0 radical (unpaired) electrons. The Morgan fingerprint density at radius 3 is 2.75 bits per heavy atom. The van der Waals surface area contributed by atoms with Gasteiger partial charge in [0.2, 0.25) is 0 Å². The second kappa shape index (κ2) is 5.63. The molecule has 0 aliphatic heterocycles. The number of hydrogen-bond donors (Lipinski definition) is 2. The van der Waals surface area contributed by atoms with Crippen molar-refractivity contribution >= 4 is 16.9 Å². The fourth-order valence-corrected chi connectivity index (χ4v) is 1.94. The summed E-state index contributed by atoms with van der Waals surface area (Å²) in [6, 6.07) is 4.57. The molecule has 0 aliphatic carbocycles. The molecule has 0 aliphatic rings. The van der Waals surface area contributed by atoms with Crippen molar-refractivity contribution in [1.29, 1.82) is 0 Å². The first kappa shape index (κ1) is 14.5. The summed E-state index contributed by atoms with van der Waals surface area (Å²) in [5, 5.41) is 12.8. The van der Waals surface area contributed by atoms with Crippen molar-refractivity contribution in [1.82, 2.24) is 5.32 Å². The Morgan fingerprint density at radius 2 is 2.15 bits per heavy atom. The molecule has 2 aromatic rings. The van der Waals surface area contributed by atoms with Crippen LogP contribution in [-0.4, -0.2) is 23.7 Å². The minimum absolute atomic E-state index is 0.0458. The molecule has 1 aromatic carbocycles. The van der Waals surface area contributed by atoms with Crippen LogP contribution in [0.25, 0.3) is 11.0 Å². The van der Waals surface area contributed by atoms with Crippen molar-refractivity contribution in [3.63, 3.8) is 0 Å². The molecule has 2 rings (SSSR count). The summed E-state index contributed by atoms with van der Waals surface area (Å²) in [6.07, 6.45) is -0.625. The first-order valence-corrected chi connectivity index (χ1v) is 6.55. The van der Waals surface area contributed by atoms with E-state index in [4.69, 9.17) is 4.42 Å². The Balaban J connectivity index is 2.23. The number of amides is 1. The molecular formula is C15H18FNO3. The van der Waals surface area contributed by atoms with E-state index in [2.05, 4.69) is 5.32 Å². The Kier molecular flexibility index (Phi) is 4.09. The molecular weight excluding hydrogens is 261 g/mol. The largest absolute Gasteiger partial charge is 0.448 e. The lowest BCUT2D eigenvalue weighted by atomic mass is 10.1. The fourth-order valence-electron chi connectivity index (χ4n) is 1.94. The van der Waals surface area contributed by atoms with Crippen molar-refractivity contribution in [2.45, 2.75) is 26.9 Å². The van der Waals surface area contributed by atoms with Crippen LogP contribution in [0.15, 0.2) is 22.6 Å². The number of para-hydroxylation sites is 1. The molecule has 1 unspecified atom stereocenters. The van der Waals surface area contributed by atoms with E-state index in [1.54, 1.807) is 19.1 Å². The highest BCUT2D eigenvalue weighted by Gasteiger charge is 2.20. The van der Waals surface area contributed by atoms with Crippen LogP contribution >= 0.6 is 0 Å². The van der Waals surface area contributed by atoms with Crippen LogP contribution in [0.5, 0.6) is 0 Å². The van der Waals surface area contributed by atoms with Crippen molar-refractivity contribution in [3.8, 4) is 0 Å². The zero-order chi connectivity index (χ0) is 14.9. The summed E-state index contributed by atoms with van der Waals surface area (Å²) in [6.45, 7) is 5.56. The van der Waals surface area contributed by atoms with Crippen LogP contribution in [0.4, 0.5) is 4.39 Å². The Hall–Kier alpha value is -1.88. The van der Waals surface area contributed by atoms with Crippen molar-refractivity contribution in [2.75, 3.05) is 6.54 Å². The van der Waals surface area contributed by atoms with Crippen LogP contribution in [-0.2, 0) is 0 Å². The minimum Gasteiger partial charge on any atom is -0.448 e. The van der Waals surface area contributed by atoms with Gasteiger partial charge < -0.3 is 14.8 Å². The van der Waals surface area contributed by atoms with E-state index in [0.29, 0.717) is 10.9 Å². The number of aryl methyl sites for hydroxylation is 1. The summed E-state index contributed by atoms with van der Waals surface area (Å²) in [5.74, 6) is -0.810. The first-order valence-electron chi connectivity index (χ1n) is 6.55. The number of aliphatic hydroxyl groups is 1. The summed E-state index contributed by atoms with van der Waals surface area (Å²) < 4.78 is 18.9. The van der Waals surface area contributed by atoms with Crippen LogP contribution in [0.2, 0.25) is 0 Å². The van der Waals surface area contributed by atoms with Gasteiger partial charge in [0.1, 0.15) is 0 Å². The lowest BCUT2D eigenvalue weighted by molar-refractivity contribution is 0.0848. The maximum Gasteiger partial charge on any atom is 0.287 e. The third kappa shape index (κ3) is 2.67. The summed E-state index contributed by atoms with van der Waals surface area (Å²) in [5.41, 5.74) is 0.676. The Morgan fingerprint density at radius 1 is 1.45 bits per heavy atom. The average Bonchev–Trinajstić information content (AvgIpc) is 2.75. The molecule has 0 saturated heterocycles. The van der Waals surface area contributed by atoms with Gasteiger partial charge >= 0.3 is 0 Å². The number of rotatable bonds is 4. The minimum atomic E-state index is -0.625. The molecule has 5 heteroatoms. The summed E-state index contributed by atoms with van der Waals surface area (Å²) in [7, 11) is 0. The molecule has 4 nitrogen and oxygen atoms in total. The van der Waals surface area contributed by atoms with E-state index in [1.165, 1.54) is 6.07 Å². The topological polar surface area (TPSA) is 62.5 Å². The van der Waals surface area contributed by atoms with E-state index in [9.17, 15) is 14.3 Å². The lowest BCUT2D eigenvalue weighted by Gasteiger charge is -2.14. The van der Waals surface area contributed by atoms with Gasteiger partial charge in [-0.05, 0) is 18.9 Å². The van der Waals surface area contributed by atoms with Crippen LogP contribution in [0, 0.1) is 18.7 Å². The van der Waals surface area contributed by atoms with Crippen molar-refractivity contribution in [2.24, 2.45) is 5.92 Å². The van der Waals surface area contributed by atoms with Crippen molar-refractivity contribution in [3.05, 3.63) is 35.3 Å². The highest BCUT2D eigenvalue weighted by Crippen LogP contribution is 2.27. The van der Waals surface area contributed by atoms with Crippen LogP contribution < -0.4 is 5.32 Å². The van der Waals surface area contributed by atoms with Gasteiger partial charge in [-0.1, -0.05) is 26.0 Å². The fraction of sp³-hybridized carbons (Fsp3) is 0.400. The third-order valence-corrected chi connectivity index (χ3v) is 3.36. The third-order valence-electron chi connectivity index (χ3n) is 3.36. The molecule has 1 amide bonds. The number of nitrogens with one attached hydrogen (secondary N) is 1. The summed E-state index contributed by atoms with van der Waals surface area (Å²) >= 11 is 0. The van der Waals surface area contributed by atoms with E-state index < -0.39 is 17.8 Å². The van der Waals surface area contributed by atoms with Gasteiger partial charge in [0, 0.05) is 17.5 Å². The quantitative estimate of drug-likeness (QED) is 0.904. The number of carbonyl (C=O) groups excluding carboxylic acids is 1. The predicted molar refractivity (Wildman–Crippen MR) is 74.1 cm³/mol. The molecule has 1 atom stereocenters. The normalized spacial score (nSPS) is 12.9. The van der Waals surface area contributed by atoms with Crippen LogP contribution in [0.3, 0.4) is 0 Å². The van der Waals surface area contributed by atoms with Gasteiger partial charge in [0.25, 0.3) is 5.91 Å². The number of halogens is 1. The average molecular weight is 279 g/mol. The van der Waals surface area contributed by atoms with E-state index in [1.807, 2.05) is 13.8 Å². The monoisotopic (exact) mass is 279 g/mol. The number of hydrogen-bond acceptors (Lipinski definition) is 3. The molecule has 2 N–H and O–H groups in total. The SMILES string of the molecule is Cc1c(C(=O)NCC(O)C(C)C)oc2c(F)cccc12. The molecule has 0 bridgehead atoms. The molecule has 1 aromatic heterocycles. The molecule has 0 saturated carbocycles. The number of furan rings is 1. The zero-order valence-electron chi connectivity index (χ0n) is 11.7. The molecule has 0 spiro atoms. The first-order chi connectivity index (χ1) is 9.41. The standard InChI is InChI=1S/C15H18FNO3/c1-8(2)12(18)7-17-15(19)13-9(3)10-5-4-6-11(16)14(10)20-13/h4-6,8,12,18H,7H2,1-3H3,(H,17,19). The van der Waals surface area contributed by atoms with Gasteiger partial charge in [-0.15, -0.1) is 0 Å². The Labute approximate surface area is 116 Å². The second-order valence-corrected chi connectivity index (χ2v) is 5.19. The molecule has 20 heavy (non-hydrogen) atoms. The summed E-state index contributed by atoms with van der Waals surface area (Å²) in [4.78, 5) is 12.0. The number of benzene rings is 1. The van der Waals surface area contributed by atoms with Gasteiger partial charge in [0.15, 0.2) is 17.2 Å². The van der Waals surface area contributed by atoms with Crippen LogP contribution in [0.1, 0.15) is 30.0 Å². The maximum absolute atomic E-state index is 13.6. The van der Waals surface area contributed by atoms with Gasteiger partial charge in [0.05, 0.1) is 6.10 Å². The van der Waals surface area contributed by atoms with Gasteiger partial charge in [-0.2, -0.15) is 0 Å². The zero-order valence-corrected chi connectivity index (χ0v) is 11.7. The van der Waals surface area contributed by atoms with E-state index in [0.717, 1.165) is 0 Å². The number of carbonyl (C=O) groups is 1. The lowest BCUT2D eigenvalue weighted by Crippen LogP contribution is -2.34. The van der Waals surface area contributed by atoms with Gasteiger partial charge in [-0.3, -0.25) is 4.79 Å². The van der Waals surface area contributed by atoms with Crippen molar-refractivity contribution < 1.29 is 18.7 Å². The predicted octanol–water partition coefficient (Wildman–Crippen LogP) is 2.63. The van der Waals surface area contributed by atoms with Gasteiger partial charge in [-0.25, -0.2) is 4.39 Å². The molecule has 108 valence electrons. The number of aliphatic hydroxyl groups excluding tert-OH is 1. The molecule has 1 heterocycles. The highest BCUT2D eigenvalue weighted by atomic mass is 19.1. The maximum atomic E-state index is 13.6. The second-order valence-electron chi connectivity index (χ2n) is 5.19. The van der Waals surface area contributed by atoms with E-state index in [-0.39, 0.29) is 23.8 Å².